The molecule has 9 heteroatoms. The average molecular weight is 581 g/mol. The van der Waals surface area contributed by atoms with E-state index in [9.17, 15) is 18.0 Å². The van der Waals surface area contributed by atoms with Gasteiger partial charge in [-0.05, 0) is 54.2 Å². The molecule has 0 saturated carbocycles. The Hall–Kier alpha value is -2.39. The Morgan fingerprint density at radius 3 is 2.25 bits per heavy atom. The van der Waals surface area contributed by atoms with Crippen molar-refractivity contribution >= 4 is 43.5 Å². The first kappa shape index (κ1) is 29.8. The van der Waals surface area contributed by atoms with E-state index in [2.05, 4.69) is 42.0 Å². The van der Waals surface area contributed by atoms with Gasteiger partial charge in [-0.25, -0.2) is 8.42 Å². The molecule has 198 valence electrons. The molecule has 0 aliphatic carbocycles. The Kier molecular flexibility index (Phi) is 10.5. The van der Waals surface area contributed by atoms with Crippen LogP contribution in [0.3, 0.4) is 0 Å². The van der Waals surface area contributed by atoms with E-state index >= 15 is 0 Å². The van der Waals surface area contributed by atoms with E-state index in [1.165, 1.54) is 4.90 Å². The van der Waals surface area contributed by atoms with Gasteiger partial charge in [0.1, 0.15) is 12.6 Å². The minimum absolute atomic E-state index is 0.0917. The number of unbranched alkanes of at least 4 members (excludes halogenated alkanes) is 1. The minimum Gasteiger partial charge on any atom is -0.354 e. The van der Waals surface area contributed by atoms with Crippen molar-refractivity contribution in [2.24, 2.45) is 0 Å². The summed E-state index contributed by atoms with van der Waals surface area (Å²) in [5.41, 5.74) is 2.19. The summed E-state index contributed by atoms with van der Waals surface area (Å²) in [7, 11) is -3.76. The molecular weight excluding hydrogens is 542 g/mol. The Balaban J connectivity index is 2.36. The van der Waals surface area contributed by atoms with Crippen molar-refractivity contribution in [3.63, 3.8) is 0 Å². The summed E-state index contributed by atoms with van der Waals surface area (Å²) < 4.78 is 27.4. The van der Waals surface area contributed by atoms with Gasteiger partial charge in [-0.3, -0.25) is 13.9 Å². The Labute approximate surface area is 224 Å². The van der Waals surface area contributed by atoms with Crippen LogP contribution in [0.1, 0.15) is 58.6 Å². The standard InChI is InChI=1S/C27H38BrN3O4S/c1-7-8-16-29-26(33)20(2)30(18-21-10-9-11-23(28)17-21)25(32)19-31(36(6,34)35)24-14-12-22(13-15-24)27(3,4)5/h9-15,17,20H,7-8,16,18-19H2,1-6H3,(H,29,33)/t20-/m1/s1. The second-order valence-electron chi connectivity index (χ2n) is 10.0. The highest BCUT2D eigenvalue weighted by atomic mass is 79.9. The Bertz CT molecular complexity index is 1140. The molecule has 2 rings (SSSR count). The van der Waals surface area contributed by atoms with Crippen LogP contribution in [0, 0.1) is 0 Å². The van der Waals surface area contributed by atoms with Crippen molar-refractivity contribution in [3.8, 4) is 0 Å². The lowest BCUT2D eigenvalue weighted by atomic mass is 9.87. The number of carbonyl (C=O) groups is 2. The normalized spacial score (nSPS) is 12.6. The van der Waals surface area contributed by atoms with Crippen LogP contribution in [-0.2, 0) is 31.6 Å². The summed E-state index contributed by atoms with van der Waals surface area (Å²) in [6.45, 7) is 10.2. The van der Waals surface area contributed by atoms with Gasteiger partial charge < -0.3 is 10.2 Å². The van der Waals surface area contributed by atoms with Crippen molar-refractivity contribution in [1.82, 2.24) is 10.2 Å². The fourth-order valence-electron chi connectivity index (χ4n) is 3.69. The van der Waals surface area contributed by atoms with Crippen molar-refractivity contribution < 1.29 is 18.0 Å². The highest BCUT2D eigenvalue weighted by molar-refractivity contribution is 9.10. The summed E-state index contributed by atoms with van der Waals surface area (Å²) in [5, 5.41) is 2.88. The highest BCUT2D eigenvalue weighted by Crippen LogP contribution is 2.26. The molecule has 0 bridgehead atoms. The maximum absolute atomic E-state index is 13.6. The number of benzene rings is 2. The summed E-state index contributed by atoms with van der Waals surface area (Å²) in [4.78, 5) is 27.9. The summed E-state index contributed by atoms with van der Waals surface area (Å²) in [5.74, 6) is -0.731. The molecule has 2 aromatic carbocycles. The molecule has 2 amide bonds. The molecule has 1 N–H and O–H groups in total. The van der Waals surface area contributed by atoms with Gasteiger partial charge in [0.2, 0.25) is 21.8 Å². The SMILES string of the molecule is CCCCNC(=O)[C@@H](C)N(Cc1cccc(Br)c1)C(=O)CN(c1ccc(C(C)(C)C)cc1)S(C)(=O)=O. The van der Waals surface area contributed by atoms with Gasteiger partial charge in [0.15, 0.2) is 0 Å². The molecule has 7 nitrogen and oxygen atoms in total. The third kappa shape index (κ3) is 8.62. The maximum Gasteiger partial charge on any atom is 0.244 e. The van der Waals surface area contributed by atoms with E-state index in [1.54, 1.807) is 19.1 Å². The monoisotopic (exact) mass is 579 g/mol. The van der Waals surface area contributed by atoms with Gasteiger partial charge in [-0.2, -0.15) is 0 Å². The summed E-state index contributed by atoms with van der Waals surface area (Å²) in [6, 6.07) is 13.9. The second-order valence-corrected chi connectivity index (χ2v) is 12.9. The first-order valence-electron chi connectivity index (χ1n) is 12.1. The molecule has 0 aromatic heterocycles. The van der Waals surface area contributed by atoms with E-state index in [1.807, 2.05) is 43.3 Å². The molecule has 0 radical (unpaired) electrons. The van der Waals surface area contributed by atoms with Gasteiger partial charge >= 0.3 is 0 Å². The van der Waals surface area contributed by atoms with E-state index in [0.717, 1.165) is 39.0 Å². The van der Waals surface area contributed by atoms with Crippen molar-refractivity contribution in [2.75, 3.05) is 23.7 Å². The van der Waals surface area contributed by atoms with Gasteiger partial charge in [0, 0.05) is 17.6 Å². The van der Waals surface area contributed by atoms with Crippen LogP contribution >= 0.6 is 15.9 Å². The third-order valence-corrected chi connectivity index (χ3v) is 7.57. The lowest BCUT2D eigenvalue weighted by molar-refractivity contribution is -0.139. The van der Waals surface area contributed by atoms with Crippen LogP contribution in [0.5, 0.6) is 0 Å². The molecule has 0 saturated heterocycles. The minimum atomic E-state index is -3.76. The van der Waals surface area contributed by atoms with E-state index in [4.69, 9.17) is 0 Å². The topological polar surface area (TPSA) is 86.8 Å². The zero-order chi connectivity index (χ0) is 27.1. The number of hydrogen-bond acceptors (Lipinski definition) is 4. The van der Waals surface area contributed by atoms with Crippen molar-refractivity contribution in [3.05, 3.63) is 64.1 Å². The second kappa shape index (κ2) is 12.7. The number of nitrogens with zero attached hydrogens (tertiary/aromatic N) is 2. The number of hydrogen-bond donors (Lipinski definition) is 1. The molecule has 0 heterocycles. The zero-order valence-corrected chi connectivity index (χ0v) is 24.4. The van der Waals surface area contributed by atoms with Crippen LogP contribution < -0.4 is 9.62 Å². The van der Waals surface area contributed by atoms with Crippen LogP contribution in [0.4, 0.5) is 5.69 Å². The average Bonchev–Trinajstić information content (AvgIpc) is 2.79. The highest BCUT2D eigenvalue weighted by Gasteiger charge is 2.30. The predicted molar refractivity (Wildman–Crippen MR) is 149 cm³/mol. The Morgan fingerprint density at radius 1 is 1.08 bits per heavy atom. The smallest absolute Gasteiger partial charge is 0.244 e. The van der Waals surface area contributed by atoms with Crippen LogP contribution in [-0.4, -0.2) is 50.5 Å². The summed E-state index contributed by atoms with van der Waals surface area (Å²) in [6.07, 6.45) is 2.86. The molecule has 2 aromatic rings. The van der Waals surface area contributed by atoms with Crippen molar-refractivity contribution in [2.45, 2.75) is 65.5 Å². The van der Waals surface area contributed by atoms with Gasteiger partial charge in [0.25, 0.3) is 0 Å². The largest absolute Gasteiger partial charge is 0.354 e. The molecule has 0 aliphatic heterocycles. The van der Waals surface area contributed by atoms with Crippen molar-refractivity contribution in [1.29, 1.82) is 0 Å². The number of halogens is 1. The first-order valence-corrected chi connectivity index (χ1v) is 14.8. The molecular formula is C27H38BrN3O4S. The molecule has 0 aliphatic rings. The van der Waals surface area contributed by atoms with E-state index in [0.29, 0.717) is 12.2 Å². The van der Waals surface area contributed by atoms with Crippen LogP contribution in [0.15, 0.2) is 53.0 Å². The van der Waals surface area contributed by atoms with Gasteiger partial charge in [-0.15, -0.1) is 0 Å². The molecule has 0 unspecified atom stereocenters. The van der Waals surface area contributed by atoms with Gasteiger partial charge in [0.05, 0.1) is 11.9 Å². The number of carbonyl (C=O) groups excluding carboxylic acids is 2. The zero-order valence-electron chi connectivity index (χ0n) is 22.0. The number of anilines is 1. The molecule has 36 heavy (non-hydrogen) atoms. The fraction of sp³-hybridized carbons (Fsp3) is 0.481. The molecule has 0 fully saturated rings. The molecule has 1 atom stereocenters. The van der Waals surface area contributed by atoms with E-state index < -0.39 is 28.5 Å². The van der Waals surface area contributed by atoms with Gasteiger partial charge in [-0.1, -0.05) is 74.3 Å². The third-order valence-electron chi connectivity index (χ3n) is 5.94. The number of rotatable bonds is 11. The van der Waals surface area contributed by atoms with E-state index in [-0.39, 0.29) is 17.9 Å². The summed E-state index contributed by atoms with van der Waals surface area (Å²) >= 11 is 3.44. The fourth-order valence-corrected chi connectivity index (χ4v) is 4.99. The van der Waals surface area contributed by atoms with Crippen LogP contribution in [0.2, 0.25) is 0 Å². The molecule has 0 spiro atoms. The number of nitrogens with one attached hydrogen (secondary N) is 1. The predicted octanol–water partition coefficient (Wildman–Crippen LogP) is 4.85. The first-order chi connectivity index (χ1) is 16.7. The van der Waals surface area contributed by atoms with Crippen LogP contribution in [0.25, 0.3) is 0 Å². The number of amides is 2. The Morgan fingerprint density at radius 2 is 1.72 bits per heavy atom. The lowest BCUT2D eigenvalue weighted by Gasteiger charge is -2.31. The number of sulfonamides is 1. The lowest BCUT2D eigenvalue weighted by Crippen LogP contribution is -2.51. The maximum atomic E-state index is 13.6. The quantitative estimate of drug-likeness (QED) is 0.386.